The summed E-state index contributed by atoms with van der Waals surface area (Å²) in [6, 6.07) is 22.5. The van der Waals surface area contributed by atoms with E-state index in [0.717, 1.165) is 16.7 Å². The van der Waals surface area contributed by atoms with Crippen molar-refractivity contribution in [3.8, 4) is 11.1 Å². The summed E-state index contributed by atoms with van der Waals surface area (Å²) < 4.78 is 4.70. The molecule has 0 fully saturated rings. The third-order valence-electron chi connectivity index (χ3n) is 4.15. The first-order valence-corrected chi connectivity index (χ1v) is 8.24. The monoisotopic (exact) mass is 345 g/mol. The standard InChI is InChI=1S/C22H19NO3/c1-15-14-19(22(25)26-2)12-13-20(15)23-21(24)18-10-8-17(9-11-18)16-6-4-3-5-7-16/h3-14H,1-2H3,(H,23,24). The van der Waals surface area contributed by atoms with Crippen LogP contribution in [0.25, 0.3) is 11.1 Å². The van der Waals surface area contributed by atoms with Gasteiger partial charge in [-0.1, -0.05) is 42.5 Å². The maximum absolute atomic E-state index is 12.5. The number of hydrogen-bond acceptors (Lipinski definition) is 3. The zero-order valence-corrected chi connectivity index (χ0v) is 14.7. The van der Waals surface area contributed by atoms with Gasteiger partial charge in [0.1, 0.15) is 0 Å². The van der Waals surface area contributed by atoms with E-state index >= 15 is 0 Å². The predicted molar refractivity (Wildman–Crippen MR) is 102 cm³/mol. The van der Waals surface area contributed by atoms with Crippen LogP contribution in [0.15, 0.2) is 72.8 Å². The highest BCUT2D eigenvalue weighted by atomic mass is 16.5. The third-order valence-corrected chi connectivity index (χ3v) is 4.15. The summed E-state index contributed by atoms with van der Waals surface area (Å²) in [7, 11) is 1.34. The normalized spacial score (nSPS) is 10.2. The highest BCUT2D eigenvalue weighted by molar-refractivity contribution is 6.05. The lowest BCUT2D eigenvalue weighted by atomic mass is 10.0. The van der Waals surface area contributed by atoms with Crippen LogP contribution in [0, 0.1) is 6.92 Å². The Bertz CT molecular complexity index is 931. The molecule has 3 aromatic rings. The van der Waals surface area contributed by atoms with E-state index in [1.54, 1.807) is 30.3 Å². The Labute approximate surface area is 152 Å². The van der Waals surface area contributed by atoms with Gasteiger partial charge < -0.3 is 10.1 Å². The SMILES string of the molecule is COC(=O)c1ccc(NC(=O)c2ccc(-c3ccccc3)cc2)c(C)c1. The van der Waals surface area contributed by atoms with Crippen molar-refractivity contribution < 1.29 is 14.3 Å². The maximum atomic E-state index is 12.5. The fraction of sp³-hybridized carbons (Fsp3) is 0.0909. The number of anilines is 1. The molecular weight excluding hydrogens is 326 g/mol. The lowest BCUT2D eigenvalue weighted by Crippen LogP contribution is -2.13. The summed E-state index contributed by atoms with van der Waals surface area (Å²) in [6.07, 6.45) is 0. The van der Waals surface area contributed by atoms with E-state index in [2.05, 4.69) is 5.32 Å². The number of amides is 1. The molecule has 0 atom stereocenters. The molecule has 3 rings (SSSR count). The molecule has 0 aliphatic heterocycles. The molecular formula is C22H19NO3. The van der Waals surface area contributed by atoms with Crippen molar-refractivity contribution in [3.05, 3.63) is 89.5 Å². The molecule has 0 aromatic heterocycles. The van der Waals surface area contributed by atoms with E-state index in [-0.39, 0.29) is 5.91 Å². The molecule has 26 heavy (non-hydrogen) atoms. The van der Waals surface area contributed by atoms with Crippen molar-refractivity contribution in [2.24, 2.45) is 0 Å². The quantitative estimate of drug-likeness (QED) is 0.697. The van der Waals surface area contributed by atoms with Gasteiger partial charge in [0.15, 0.2) is 0 Å². The molecule has 1 N–H and O–H groups in total. The first-order valence-electron chi connectivity index (χ1n) is 8.24. The lowest BCUT2D eigenvalue weighted by Gasteiger charge is -2.10. The van der Waals surface area contributed by atoms with Crippen LogP contribution in [-0.2, 0) is 4.74 Å². The highest BCUT2D eigenvalue weighted by Gasteiger charge is 2.11. The second kappa shape index (κ2) is 7.66. The topological polar surface area (TPSA) is 55.4 Å². The lowest BCUT2D eigenvalue weighted by molar-refractivity contribution is 0.0600. The molecule has 0 bridgehead atoms. The van der Waals surface area contributed by atoms with Crippen molar-refractivity contribution in [3.63, 3.8) is 0 Å². The van der Waals surface area contributed by atoms with E-state index in [4.69, 9.17) is 4.74 Å². The number of benzene rings is 3. The molecule has 3 aromatic carbocycles. The number of carbonyl (C=O) groups excluding carboxylic acids is 2. The van der Waals surface area contributed by atoms with Gasteiger partial charge in [0.2, 0.25) is 0 Å². The Hall–Kier alpha value is -3.40. The Morgan fingerprint density at radius 2 is 1.42 bits per heavy atom. The van der Waals surface area contributed by atoms with E-state index in [0.29, 0.717) is 16.8 Å². The number of rotatable bonds is 4. The Morgan fingerprint density at radius 1 is 0.808 bits per heavy atom. The minimum atomic E-state index is -0.400. The number of nitrogens with one attached hydrogen (secondary N) is 1. The van der Waals surface area contributed by atoms with Crippen molar-refractivity contribution in [1.29, 1.82) is 0 Å². The molecule has 0 heterocycles. The molecule has 0 aliphatic rings. The molecule has 4 nitrogen and oxygen atoms in total. The second-order valence-electron chi connectivity index (χ2n) is 5.92. The minimum Gasteiger partial charge on any atom is -0.465 e. The molecule has 0 saturated heterocycles. The van der Waals surface area contributed by atoms with Crippen LogP contribution in [-0.4, -0.2) is 19.0 Å². The van der Waals surface area contributed by atoms with Gasteiger partial charge in [-0.05, 0) is 53.9 Å². The van der Waals surface area contributed by atoms with Crippen LogP contribution in [0.5, 0.6) is 0 Å². The van der Waals surface area contributed by atoms with Gasteiger partial charge >= 0.3 is 5.97 Å². The summed E-state index contributed by atoms with van der Waals surface area (Å²) in [5.74, 6) is -0.596. The summed E-state index contributed by atoms with van der Waals surface area (Å²) in [6.45, 7) is 1.83. The largest absolute Gasteiger partial charge is 0.465 e. The van der Waals surface area contributed by atoms with Crippen molar-refractivity contribution in [2.45, 2.75) is 6.92 Å². The van der Waals surface area contributed by atoms with Crippen LogP contribution >= 0.6 is 0 Å². The number of carbonyl (C=O) groups is 2. The maximum Gasteiger partial charge on any atom is 0.337 e. The highest BCUT2D eigenvalue weighted by Crippen LogP contribution is 2.21. The van der Waals surface area contributed by atoms with E-state index in [1.807, 2.05) is 49.4 Å². The minimum absolute atomic E-state index is 0.196. The Morgan fingerprint density at radius 3 is 2.04 bits per heavy atom. The summed E-state index contributed by atoms with van der Waals surface area (Å²) in [5.41, 5.74) is 4.64. The molecule has 0 aliphatic carbocycles. The average Bonchev–Trinajstić information content (AvgIpc) is 2.69. The van der Waals surface area contributed by atoms with Crippen molar-refractivity contribution >= 4 is 17.6 Å². The van der Waals surface area contributed by atoms with E-state index in [1.165, 1.54) is 7.11 Å². The number of aryl methyl sites for hydroxylation is 1. The van der Waals surface area contributed by atoms with Gasteiger partial charge in [-0.25, -0.2) is 4.79 Å². The summed E-state index contributed by atoms with van der Waals surface area (Å²) in [4.78, 5) is 24.0. The van der Waals surface area contributed by atoms with Crippen molar-refractivity contribution in [1.82, 2.24) is 0 Å². The van der Waals surface area contributed by atoms with Crippen LogP contribution < -0.4 is 5.32 Å². The Balaban J connectivity index is 1.75. The van der Waals surface area contributed by atoms with Gasteiger partial charge in [0.25, 0.3) is 5.91 Å². The van der Waals surface area contributed by atoms with E-state index < -0.39 is 5.97 Å². The van der Waals surface area contributed by atoms with E-state index in [9.17, 15) is 9.59 Å². The van der Waals surface area contributed by atoms with Gasteiger partial charge in [-0.2, -0.15) is 0 Å². The average molecular weight is 345 g/mol. The fourth-order valence-electron chi connectivity index (χ4n) is 2.69. The predicted octanol–water partition coefficient (Wildman–Crippen LogP) is 4.70. The van der Waals surface area contributed by atoms with Crippen LogP contribution in [0.3, 0.4) is 0 Å². The van der Waals surface area contributed by atoms with Crippen LogP contribution in [0.1, 0.15) is 26.3 Å². The summed E-state index contributed by atoms with van der Waals surface area (Å²) >= 11 is 0. The molecule has 0 radical (unpaired) electrons. The van der Waals surface area contributed by atoms with Gasteiger partial charge in [0, 0.05) is 11.3 Å². The van der Waals surface area contributed by atoms with Crippen molar-refractivity contribution in [2.75, 3.05) is 12.4 Å². The zero-order chi connectivity index (χ0) is 18.5. The first-order chi connectivity index (χ1) is 12.6. The number of ether oxygens (including phenoxy) is 1. The molecule has 4 heteroatoms. The van der Waals surface area contributed by atoms with Gasteiger partial charge in [-0.15, -0.1) is 0 Å². The number of esters is 1. The zero-order valence-electron chi connectivity index (χ0n) is 14.7. The molecule has 130 valence electrons. The van der Waals surface area contributed by atoms with Crippen LogP contribution in [0.4, 0.5) is 5.69 Å². The molecule has 0 unspecified atom stereocenters. The smallest absolute Gasteiger partial charge is 0.337 e. The first kappa shape index (κ1) is 17.4. The number of methoxy groups -OCH3 is 1. The Kier molecular flexibility index (Phi) is 5.13. The van der Waals surface area contributed by atoms with Gasteiger partial charge in [0.05, 0.1) is 12.7 Å². The molecule has 0 spiro atoms. The fourth-order valence-corrected chi connectivity index (χ4v) is 2.69. The summed E-state index contributed by atoms with van der Waals surface area (Å²) in [5, 5.41) is 2.88. The molecule has 1 amide bonds. The van der Waals surface area contributed by atoms with Crippen LogP contribution in [0.2, 0.25) is 0 Å². The second-order valence-corrected chi connectivity index (χ2v) is 5.92. The number of hydrogen-bond donors (Lipinski definition) is 1. The third kappa shape index (κ3) is 3.81. The molecule has 0 saturated carbocycles. The van der Waals surface area contributed by atoms with Gasteiger partial charge in [-0.3, -0.25) is 4.79 Å².